The maximum atomic E-state index is 9.01. The van der Waals surface area contributed by atoms with Crippen molar-refractivity contribution in [1.82, 2.24) is 15.1 Å². The maximum absolute atomic E-state index is 9.01. The van der Waals surface area contributed by atoms with Gasteiger partial charge in [-0.05, 0) is 31.5 Å². The number of benzene rings is 1. The molecule has 0 atom stereocenters. The summed E-state index contributed by atoms with van der Waals surface area (Å²) in [5, 5.41) is 17.6. The Morgan fingerprint density at radius 3 is 2.80 bits per heavy atom. The van der Waals surface area contributed by atoms with Crippen LogP contribution in [0.25, 0.3) is 0 Å². The van der Waals surface area contributed by atoms with Gasteiger partial charge in [0, 0.05) is 29.4 Å². The first kappa shape index (κ1) is 15.0. The largest absolute Gasteiger partial charge is 0.394 e. The lowest BCUT2D eigenvalue weighted by Gasteiger charge is -2.07. The number of aliphatic hydroxyl groups excluding tert-OH is 1. The number of aromatic nitrogens is 2. The average Bonchev–Trinajstić information content (AvgIpc) is 2.67. The number of aliphatic hydroxyl groups is 1. The highest BCUT2D eigenvalue weighted by Crippen LogP contribution is 2.14. The van der Waals surface area contributed by atoms with Crippen LogP contribution in [0.15, 0.2) is 24.3 Å². The Labute approximate surface area is 124 Å². The Morgan fingerprint density at radius 1 is 1.30 bits per heavy atom. The molecule has 108 valence electrons. The molecule has 0 spiro atoms. The Bertz CT molecular complexity index is 580. The van der Waals surface area contributed by atoms with Crippen molar-refractivity contribution in [1.29, 1.82) is 0 Å². The van der Waals surface area contributed by atoms with Crippen molar-refractivity contribution in [3.8, 4) is 0 Å². The van der Waals surface area contributed by atoms with Gasteiger partial charge < -0.3 is 10.4 Å². The predicted octanol–water partition coefficient (Wildman–Crippen LogP) is 2.44. The van der Waals surface area contributed by atoms with Gasteiger partial charge in [0.05, 0.1) is 18.8 Å². The Hall–Kier alpha value is -1.36. The number of nitrogens with one attached hydrogen (secondary N) is 1. The van der Waals surface area contributed by atoms with Crippen LogP contribution in [0.2, 0.25) is 5.02 Å². The summed E-state index contributed by atoms with van der Waals surface area (Å²) in [5.41, 5.74) is 4.47. The molecule has 0 amide bonds. The van der Waals surface area contributed by atoms with Crippen LogP contribution in [0, 0.1) is 13.8 Å². The van der Waals surface area contributed by atoms with Gasteiger partial charge in [0.15, 0.2) is 0 Å². The summed E-state index contributed by atoms with van der Waals surface area (Å²) in [7, 11) is 0. The van der Waals surface area contributed by atoms with Gasteiger partial charge in [-0.2, -0.15) is 5.10 Å². The highest BCUT2D eigenvalue weighted by Gasteiger charge is 2.10. The molecule has 1 aromatic heterocycles. The second-order valence-electron chi connectivity index (χ2n) is 4.83. The predicted molar refractivity (Wildman–Crippen MR) is 80.8 cm³/mol. The molecule has 0 aliphatic carbocycles. The van der Waals surface area contributed by atoms with E-state index >= 15 is 0 Å². The lowest BCUT2D eigenvalue weighted by Crippen LogP contribution is -2.14. The molecule has 5 heteroatoms. The summed E-state index contributed by atoms with van der Waals surface area (Å²) in [4.78, 5) is 0. The zero-order valence-corrected chi connectivity index (χ0v) is 12.6. The van der Waals surface area contributed by atoms with Crippen molar-refractivity contribution in [2.45, 2.75) is 33.5 Å². The van der Waals surface area contributed by atoms with Gasteiger partial charge >= 0.3 is 0 Å². The SMILES string of the molecule is Cc1nn(CCO)c(C)c1CNCc1cccc(Cl)c1. The standard InChI is InChI=1S/C15H20ClN3O/c1-11-15(12(2)19(18-11)6-7-20)10-17-9-13-4-3-5-14(16)8-13/h3-5,8,17,20H,6-7,9-10H2,1-2H3. The summed E-state index contributed by atoms with van der Waals surface area (Å²) in [6.45, 7) is 6.21. The van der Waals surface area contributed by atoms with Crippen LogP contribution in [-0.2, 0) is 19.6 Å². The zero-order valence-electron chi connectivity index (χ0n) is 11.9. The Balaban J connectivity index is 1.97. The molecule has 0 fully saturated rings. The molecule has 0 unspecified atom stereocenters. The third kappa shape index (κ3) is 3.60. The molecule has 0 saturated heterocycles. The topological polar surface area (TPSA) is 50.1 Å². The summed E-state index contributed by atoms with van der Waals surface area (Å²) >= 11 is 5.96. The number of hydrogen-bond donors (Lipinski definition) is 2. The van der Waals surface area contributed by atoms with Crippen molar-refractivity contribution in [2.24, 2.45) is 0 Å². The van der Waals surface area contributed by atoms with Crippen molar-refractivity contribution in [3.05, 3.63) is 51.8 Å². The minimum Gasteiger partial charge on any atom is -0.394 e. The fourth-order valence-electron chi connectivity index (χ4n) is 2.28. The van der Waals surface area contributed by atoms with E-state index < -0.39 is 0 Å². The van der Waals surface area contributed by atoms with Crippen molar-refractivity contribution in [2.75, 3.05) is 6.61 Å². The molecule has 2 aromatic rings. The van der Waals surface area contributed by atoms with E-state index in [0.29, 0.717) is 6.54 Å². The molecule has 1 aromatic carbocycles. The molecule has 0 bridgehead atoms. The molecular formula is C15H20ClN3O. The minimum atomic E-state index is 0.108. The van der Waals surface area contributed by atoms with Gasteiger partial charge in [0.2, 0.25) is 0 Å². The quantitative estimate of drug-likeness (QED) is 0.860. The molecule has 2 rings (SSSR count). The lowest BCUT2D eigenvalue weighted by atomic mass is 10.2. The van der Waals surface area contributed by atoms with E-state index in [-0.39, 0.29) is 6.61 Å². The molecular weight excluding hydrogens is 274 g/mol. The van der Waals surface area contributed by atoms with E-state index in [1.807, 2.05) is 42.8 Å². The zero-order chi connectivity index (χ0) is 14.5. The van der Waals surface area contributed by atoms with Crippen molar-refractivity contribution < 1.29 is 5.11 Å². The van der Waals surface area contributed by atoms with Gasteiger partial charge in [-0.3, -0.25) is 4.68 Å². The number of rotatable bonds is 6. The van der Waals surface area contributed by atoms with Crippen LogP contribution in [0.4, 0.5) is 0 Å². The monoisotopic (exact) mass is 293 g/mol. The Kier molecular flexibility index (Phi) is 5.17. The van der Waals surface area contributed by atoms with Crippen LogP contribution in [0.3, 0.4) is 0 Å². The highest BCUT2D eigenvalue weighted by molar-refractivity contribution is 6.30. The lowest BCUT2D eigenvalue weighted by molar-refractivity contribution is 0.267. The van der Waals surface area contributed by atoms with E-state index in [4.69, 9.17) is 16.7 Å². The molecule has 4 nitrogen and oxygen atoms in total. The third-order valence-electron chi connectivity index (χ3n) is 3.36. The molecule has 0 aliphatic heterocycles. The van der Waals surface area contributed by atoms with E-state index in [2.05, 4.69) is 10.4 Å². The smallest absolute Gasteiger partial charge is 0.0644 e. The van der Waals surface area contributed by atoms with Gasteiger partial charge in [-0.25, -0.2) is 0 Å². The van der Waals surface area contributed by atoms with E-state index in [9.17, 15) is 0 Å². The molecule has 2 N–H and O–H groups in total. The van der Waals surface area contributed by atoms with Crippen LogP contribution >= 0.6 is 11.6 Å². The first-order valence-corrected chi connectivity index (χ1v) is 7.08. The van der Waals surface area contributed by atoms with Crippen LogP contribution in [0.1, 0.15) is 22.5 Å². The van der Waals surface area contributed by atoms with Crippen molar-refractivity contribution >= 4 is 11.6 Å². The summed E-state index contributed by atoms with van der Waals surface area (Å²) in [6.07, 6.45) is 0. The summed E-state index contributed by atoms with van der Waals surface area (Å²) in [5.74, 6) is 0. The molecule has 0 aliphatic rings. The van der Waals surface area contributed by atoms with Gasteiger partial charge in [0.25, 0.3) is 0 Å². The second-order valence-corrected chi connectivity index (χ2v) is 5.27. The second kappa shape index (κ2) is 6.88. The van der Waals surface area contributed by atoms with Crippen LogP contribution in [0.5, 0.6) is 0 Å². The maximum Gasteiger partial charge on any atom is 0.0644 e. The first-order chi connectivity index (χ1) is 9.61. The normalized spacial score (nSPS) is 11.0. The minimum absolute atomic E-state index is 0.108. The molecule has 0 radical (unpaired) electrons. The van der Waals surface area contributed by atoms with Gasteiger partial charge in [-0.1, -0.05) is 23.7 Å². The molecule has 20 heavy (non-hydrogen) atoms. The summed E-state index contributed by atoms with van der Waals surface area (Å²) < 4.78 is 1.85. The van der Waals surface area contributed by atoms with Gasteiger partial charge in [-0.15, -0.1) is 0 Å². The highest BCUT2D eigenvalue weighted by atomic mass is 35.5. The fraction of sp³-hybridized carbons (Fsp3) is 0.400. The van der Waals surface area contributed by atoms with E-state index in [1.165, 1.54) is 5.56 Å². The fourth-order valence-corrected chi connectivity index (χ4v) is 2.49. The van der Waals surface area contributed by atoms with Crippen LogP contribution in [-0.4, -0.2) is 21.5 Å². The Morgan fingerprint density at radius 2 is 2.10 bits per heavy atom. The molecule has 1 heterocycles. The van der Waals surface area contributed by atoms with Crippen LogP contribution < -0.4 is 5.32 Å². The number of hydrogen-bond acceptors (Lipinski definition) is 3. The molecule has 0 saturated carbocycles. The van der Waals surface area contributed by atoms with E-state index in [0.717, 1.165) is 35.1 Å². The average molecular weight is 294 g/mol. The van der Waals surface area contributed by atoms with Crippen molar-refractivity contribution in [3.63, 3.8) is 0 Å². The van der Waals surface area contributed by atoms with Gasteiger partial charge in [0.1, 0.15) is 0 Å². The number of aryl methyl sites for hydroxylation is 1. The number of halogens is 1. The number of nitrogens with zero attached hydrogens (tertiary/aromatic N) is 2. The third-order valence-corrected chi connectivity index (χ3v) is 3.60. The summed E-state index contributed by atoms with van der Waals surface area (Å²) in [6, 6.07) is 7.84. The first-order valence-electron chi connectivity index (χ1n) is 6.70. The van der Waals surface area contributed by atoms with E-state index in [1.54, 1.807) is 0 Å².